The van der Waals surface area contributed by atoms with Crippen LogP contribution in [0.25, 0.3) is 0 Å². The molecule has 1 rings (SSSR count). The van der Waals surface area contributed by atoms with Crippen molar-refractivity contribution in [2.24, 2.45) is 0 Å². The summed E-state index contributed by atoms with van der Waals surface area (Å²) < 4.78 is 36.5. The van der Waals surface area contributed by atoms with E-state index in [9.17, 15) is 9.13 Å². The van der Waals surface area contributed by atoms with E-state index in [4.69, 9.17) is 9.05 Å². The van der Waals surface area contributed by atoms with Gasteiger partial charge in [0, 0.05) is 7.11 Å². The zero-order valence-electron chi connectivity index (χ0n) is 8.87. The maximum Gasteiger partial charge on any atom is 0.356 e. The van der Waals surface area contributed by atoms with Crippen molar-refractivity contribution in [1.29, 1.82) is 0 Å². The zero-order chi connectivity index (χ0) is 11.9. The lowest BCUT2D eigenvalue weighted by molar-refractivity contribution is 0.205. The van der Waals surface area contributed by atoms with Gasteiger partial charge in [0.25, 0.3) is 0 Å². The van der Waals surface area contributed by atoms with Gasteiger partial charge in [0.15, 0.2) is 15.0 Å². The molecule has 7 heteroatoms. The molecule has 0 fully saturated rings. The molecule has 90 valence electrons. The van der Waals surface area contributed by atoms with Crippen LogP contribution in [0.5, 0.6) is 0 Å². The average molecular weight is 264 g/mol. The van der Waals surface area contributed by atoms with E-state index >= 15 is 0 Å². The van der Waals surface area contributed by atoms with Crippen LogP contribution in [-0.2, 0) is 29.3 Å². The Labute approximate surface area is 95.5 Å². The quantitative estimate of drug-likeness (QED) is 0.708. The van der Waals surface area contributed by atoms with E-state index < -0.39 is 16.3 Å². The highest BCUT2D eigenvalue weighted by Crippen LogP contribution is 2.48. The van der Waals surface area contributed by atoms with E-state index in [0.717, 1.165) is 5.56 Å². The molecule has 0 aliphatic rings. The van der Waals surface area contributed by atoms with E-state index in [1.54, 1.807) is 0 Å². The summed E-state index contributed by atoms with van der Waals surface area (Å²) in [5, 5.41) is 0. The Balaban J connectivity index is 2.51. The Bertz CT molecular complexity index is 367. The molecule has 0 spiro atoms. The Kier molecular flexibility index (Phi) is 5.96. The maximum atomic E-state index is 11.8. The van der Waals surface area contributed by atoms with Gasteiger partial charge in [0.2, 0.25) is 0 Å². The SMILES string of the molecule is COP(=O)(CO[PH2]=O)OCc1ccccc1. The van der Waals surface area contributed by atoms with Gasteiger partial charge < -0.3 is 13.6 Å². The predicted molar refractivity (Wildman–Crippen MR) is 62.2 cm³/mol. The first-order valence-electron chi connectivity index (χ1n) is 4.59. The average Bonchev–Trinajstić information content (AvgIpc) is 2.35. The molecular weight excluding hydrogens is 250 g/mol. The lowest BCUT2D eigenvalue weighted by atomic mass is 10.2. The van der Waals surface area contributed by atoms with E-state index in [1.165, 1.54) is 7.11 Å². The molecule has 1 aromatic rings. The van der Waals surface area contributed by atoms with Gasteiger partial charge in [0.05, 0.1) is 6.61 Å². The van der Waals surface area contributed by atoms with Crippen molar-refractivity contribution >= 4 is 16.3 Å². The summed E-state index contributed by atoms with van der Waals surface area (Å²) >= 11 is 0. The summed E-state index contributed by atoms with van der Waals surface area (Å²) in [5.41, 5.74) is 0.884. The molecule has 16 heavy (non-hydrogen) atoms. The van der Waals surface area contributed by atoms with Crippen LogP contribution in [0.2, 0.25) is 0 Å². The van der Waals surface area contributed by atoms with Gasteiger partial charge in [-0.05, 0) is 5.56 Å². The van der Waals surface area contributed by atoms with E-state index in [2.05, 4.69) is 4.52 Å². The molecule has 0 aliphatic heterocycles. The normalized spacial score (nSPS) is 15.3. The lowest BCUT2D eigenvalue weighted by Gasteiger charge is -2.14. The minimum Gasteiger partial charge on any atom is -0.320 e. The Morgan fingerprint density at radius 2 is 2.00 bits per heavy atom. The standard InChI is InChI=1S/C9H14O5P2/c1-12-16(11,8-13-15-10)14-7-9-5-3-2-4-6-9/h2-6H,7-8,15H2,1H3. The van der Waals surface area contributed by atoms with E-state index in [0.29, 0.717) is 0 Å². The molecule has 5 nitrogen and oxygen atoms in total. The molecule has 0 saturated heterocycles. The van der Waals surface area contributed by atoms with Crippen LogP contribution in [0.15, 0.2) is 30.3 Å². The first kappa shape index (κ1) is 13.6. The summed E-state index contributed by atoms with van der Waals surface area (Å²) in [6, 6.07) is 9.28. The molecule has 0 heterocycles. The third-order valence-corrected chi connectivity index (χ3v) is 3.98. The first-order chi connectivity index (χ1) is 7.70. The van der Waals surface area contributed by atoms with Crippen LogP contribution in [0, 0.1) is 0 Å². The molecule has 0 aliphatic carbocycles. The van der Waals surface area contributed by atoms with Crippen molar-refractivity contribution in [3.8, 4) is 0 Å². The summed E-state index contributed by atoms with van der Waals surface area (Å²) in [6.07, 6.45) is -0.283. The zero-order valence-corrected chi connectivity index (χ0v) is 10.9. The fraction of sp³-hybridized carbons (Fsp3) is 0.333. The van der Waals surface area contributed by atoms with Gasteiger partial charge in [-0.3, -0.25) is 9.13 Å². The van der Waals surface area contributed by atoms with Crippen LogP contribution >= 0.6 is 16.3 Å². The van der Waals surface area contributed by atoms with Crippen molar-refractivity contribution in [2.75, 3.05) is 13.5 Å². The number of hydrogen-bond acceptors (Lipinski definition) is 5. The third-order valence-electron chi connectivity index (χ3n) is 1.85. The fourth-order valence-electron chi connectivity index (χ4n) is 1.01. The van der Waals surface area contributed by atoms with Crippen LogP contribution in [-0.4, -0.2) is 13.5 Å². The summed E-state index contributed by atoms with van der Waals surface area (Å²) in [5.74, 6) is 0. The molecule has 0 bridgehead atoms. The second kappa shape index (κ2) is 7.00. The third kappa shape index (κ3) is 4.60. The fourth-order valence-corrected chi connectivity index (χ4v) is 2.62. The molecule has 0 N–H and O–H groups in total. The number of benzene rings is 1. The molecule has 2 atom stereocenters. The van der Waals surface area contributed by atoms with Gasteiger partial charge in [-0.15, -0.1) is 0 Å². The number of hydrogen-bond donors (Lipinski definition) is 0. The summed E-state index contributed by atoms with van der Waals surface area (Å²) in [7, 11) is -3.42. The Hall–Kier alpha value is -0.440. The Morgan fingerprint density at radius 1 is 1.31 bits per heavy atom. The van der Waals surface area contributed by atoms with Crippen LogP contribution < -0.4 is 0 Å². The first-order valence-corrected chi connectivity index (χ1v) is 7.26. The van der Waals surface area contributed by atoms with Crippen molar-refractivity contribution < 1.29 is 22.7 Å². The summed E-state index contributed by atoms with van der Waals surface area (Å²) in [4.78, 5) is 0. The molecule has 0 amide bonds. The maximum absolute atomic E-state index is 11.8. The van der Waals surface area contributed by atoms with Crippen LogP contribution in [0.4, 0.5) is 0 Å². The van der Waals surface area contributed by atoms with E-state index in [-0.39, 0.29) is 13.0 Å². The lowest BCUT2D eigenvalue weighted by Crippen LogP contribution is -1.98. The molecule has 1 aromatic carbocycles. The van der Waals surface area contributed by atoms with Crippen molar-refractivity contribution in [3.05, 3.63) is 35.9 Å². The molecule has 2 unspecified atom stereocenters. The highest BCUT2D eigenvalue weighted by Gasteiger charge is 2.23. The topological polar surface area (TPSA) is 61.8 Å². The van der Waals surface area contributed by atoms with Gasteiger partial charge in [-0.2, -0.15) is 0 Å². The Morgan fingerprint density at radius 3 is 2.56 bits per heavy atom. The monoisotopic (exact) mass is 264 g/mol. The van der Waals surface area contributed by atoms with Crippen LogP contribution in [0.1, 0.15) is 5.56 Å². The van der Waals surface area contributed by atoms with Gasteiger partial charge in [0.1, 0.15) is 0 Å². The highest BCUT2D eigenvalue weighted by molar-refractivity contribution is 7.53. The number of rotatable bonds is 7. The van der Waals surface area contributed by atoms with Crippen molar-refractivity contribution in [1.82, 2.24) is 0 Å². The molecular formula is C9H14O5P2. The minimum atomic E-state index is -3.28. The second-order valence-electron chi connectivity index (χ2n) is 2.94. The van der Waals surface area contributed by atoms with Crippen molar-refractivity contribution in [2.45, 2.75) is 6.61 Å². The smallest absolute Gasteiger partial charge is 0.320 e. The van der Waals surface area contributed by atoms with Gasteiger partial charge in [-0.1, -0.05) is 30.3 Å². The minimum absolute atomic E-state index is 0.170. The largest absolute Gasteiger partial charge is 0.356 e. The van der Waals surface area contributed by atoms with Gasteiger partial charge >= 0.3 is 7.60 Å². The van der Waals surface area contributed by atoms with Crippen LogP contribution in [0.3, 0.4) is 0 Å². The van der Waals surface area contributed by atoms with Gasteiger partial charge in [-0.25, -0.2) is 0 Å². The highest BCUT2D eigenvalue weighted by atomic mass is 31.2. The van der Waals surface area contributed by atoms with Crippen molar-refractivity contribution in [3.63, 3.8) is 0 Å². The predicted octanol–water partition coefficient (Wildman–Crippen LogP) is 2.69. The molecule has 0 radical (unpaired) electrons. The molecule has 0 saturated carbocycles. The molecule has 0 aromatic heterocycles. The summed E-state index contributed by atoms with van der Waals surface area (Å²) in [6.45, 7) is 0.170. The van der Waals surface area contributed by atoms with E-state index in [1.807, 2.05) is 30.3 Å². The second-order valence-corrected chi connectivity index (χ2v) is 5.57.